The Kier molecular flexibility index (Phi) is 3.20. The van der Waals surface area contributed by atoms with E-state index in [1.54, 1.807) is 0 Å². The minimum atomic E-state index is 0.697. The lowest BCUT2D eigenvalue weighted by molar-refractivity contribution is 0.677. The summed E-state index contributed by atoms with van der Waals surface area (Å²) < 4.78 is 0. The van der Waals surface area contributed by atoms with E-state index in [9.17, 15) is 0 Å². The molecule has 5 heteroatoms. The second kappa shape index (κ2) is 5.16. The van der Waals surface area contributed by atoms with E-state index in [1.165, 1.54) is 5.56 Å². The van der Waals surface area contributed by atoms with E-state index in [1.807, 2.05) is 43.6 Å². The fourth-order valence-corrected chi connectivity index (χ4v) is 1.96. The molecule has 0 aliphatic rings. The van der Waals surface area contributed by atoms with Crippen LogP contribution in [0.15, 0.2) is 36.7 Å². The van der Waals surface area contributed by atoms with Crippen molar-refractivity contribution in [3.63, 3.8) is 0 Å². The standard InChI is InChI=1S/C14H15N5/c1-10-11(7-17-19-10)6-15-8-12-9-16-13-4-2-3-5-14(13)18-12/h2-5,7,9,15H,6,8H2,1H3,(H,17,19). The van der Waals surface area contributed by atoms with Crippen LogP contribution in [0.5, 0.6) is 0 Å². The summed E-state index contributed by atoms with van der Waals surface area (Å²) >= 11 is 0. The highest BCUT2D eigenvalue weighted by atomic mass is 15.1. The van der Waals surface area contributed by atoms with E-state index in [4.69, 9.17) is 0 Å². The second-order valence-electron chi connectivity index (χ2n) is 4.47. The molecule has 2 aromatic heterocycles. The average molecular weight is 253 g/mol. The molecule has 0 radical (unpaired) electrons. The molecule has 3 rings (SSSR count). The summed E-state index contributed by atoms with van der Waals surface area (Å²) in [6.45, 7) is 3.49. The largest absolute Gasteiger partial charge is 0.307 e. The van der Waals surface area contributed by atoms with Gasteiger partial charge >= 0.3 is 0 Å². The summed E-state index contributed by atoms with van der Waals surface area (Å²) in [7, 11) is 0. The van der Waals surface area contributed by atoms with Gasteiger partial charge in [0.15, 0.2) is 0 Å². The average Bonchev–Trinajstić information content (AvgIpc) is 2.84. The minimum Gasteiger partial charge on any atom is -0.307 e. The Morgan fingerprint density at radius 1 is 1.11 bits per heavy atom. The molecule has 0 fully saturated rings. The van der Waals surface area contributed by atoms with Crippen molar-refractivity contribution in [1.82, 2.24) is 25.5 Å². The fraction of sp³-hybridized carbons (Fsp3) is 0.214. The molecule has 0 aliphatic heterocycles. The number of rotatable bonds is 4. The smallest absolute Gasteiger partial charge is 0.0890 e. The number of fused-ring (bicyclic) bond motifs is 1. The van der Waals surface area contributed by atoms with E-state index in [0.29, 0.717) is 6.54 Å². The molecule has 0 saturated carbocycles. The molecule has 0 amide bonds. The molecule has 0 bridgehead atoms. The van der Waals surface area contributed by atoms with Gasteiger partial charge in [0.25, 0.3) is 0 Å². The fourth-order valence-electron chi connectivity index (χ4n) is 1.96. The molecule has 0 spiro atoms. The third-order valence-electron chi connectivity index (χ3n) is 3.05. The number of nitrogens with one attached hydrogen (secondary N) is 2. The summed E-state index contributed by atoms with van der Waals surface area (Å²) in [6.07, 6.45) is 3.66. The number of hydrogen-bond donors (Lipinski definition) is 2. The van der Waals surface area contributed by atoms with E-state index in [2.05, 4.69) is 25.5 Å². The molecule has 0 aliphatic carbocycles. The Labute approximate surface area is 111 Å². The number of nitrogens with zero attached hydrogens (tertiary/aromatic N) is 3. The van der Waals surface area contributed by atoms with Gasteiger partial charge in [-0.1, -0.05) is 12.1 Å². The van der Waals surface area contributed by atoms with Gasteiger partial charge in [-0.25, -0.2) is 4.98 Å². The van der Waals surface area contributed by atoms with Crippen molar-refractivity contribution in [1.29, 1.82) is 0 Å². The monoisotopic (exact) mass is 253 g/mol. The van der Waals surface area contributed by atoms with Gasteiger partial charge in [-0.2, -0.15) is 5.10 Å². The summed E-state index contributed by atoms with van der Waals surface area (Å²) in [4.78, 5) is 8.96. The molecule has 2 N–H and O–H groups in total. The van der Waals surface area contributed by atoms with Crippen LogP contribution in [0.3, 0.4) is 0 Å². The SMILES string of the molecule is Cc1[nH]ncc1CNCc1cnc2ccccc2n1. The summed E-state index contributed by atoms with van der Waals surface area (Å²) in [6, 6.07) is 7.89. The Morgan fingerprint density at radius 2 is 1.95 bits per heavy atom. The van der Waals surface area contributed by atoms with E-state index in [-0.39, 0.29) is 0 Å². The molecule has 1 aromatic carbocycles. The Morgan fingerprint density at radius 3 is 2.74 bits per heavy atom. The molecule has 0 unspecified atom stereocenters. The van der Waals surface area contributed by atoms with E-state index in [0.717, 1.165) is 29.0 Å². The zero-order valence-electron chi connectivity index (χ0n) is 10.7. The first kappa shape index (κ1) is 11.8. The van der Waals surface area contributed by atoms with Crippen molar-refractivity contribution < 1.29 is 0 Å². The summed E-state index contributed by atoms with van der Waals surface area (Å²) in [5, 5.41) is 10.3. The van der Waals surface area contributed by atoms with Crippen LogP contribution in [0.2, 0.25) is 0 Å². The molecule has 96 valence electrons. The maximum Gasteiger partial charge on any atom is 0.0890 e. The van der Waals surface area contributed by atoms with Crippen LogP contribution in [-0.2, 0) is 13.1 Å². The molecule has 0 atom stereocenters. The quantitative estimate of drug-likeness (QED) is 0.746. The highest BCUT2D eigenvalue weighted by molar-refractivity contribution is 5.73. The van der Waals surface area contributed by atoms with Gasteiger partial charge in [0.1, 0.15) is 0 Å². The van der Waals surface area contributed by atoms with E-state index < -0.39 is 0 Å². The van der Waals surface area contributed by atoms with Crippen molar-refractivity contribution in [2.24, 2.45) is 0 Å². The van der Waals surface area contributed by atoms with Crippen LogP contribution >= 0.6 is 0 Å². The first-order valence-electron chi connectivity index (χ1n) is 6.23. The number of benzene rings is 1. The lowest BCUT2D eigenvalue weighted by Gasteiger charge is -2.04. The van der Waals surface area contributed by atoms with Gasteiger partial charge in [-0.3, -0.25) is 10.1 Å². The normalized spacial score (nSPS) is 11.0. The molecule has 3 aromatic rings. The van der Waals surface area contributed by atoms with Gasteiger partial charge in [-0.05, 0) is 19.1 Å². The van der Waals surface area contributed by atoms with Crippen LogP contribution in [0.4, 0.5) is 0 Å². The number of aryl methyl sites for hydroxylation is 1. The molecule has 2 heterocycles. The van der Waals surface area contributed by atoms with Crippen molar-refractivity contribution in [2.75, 3.05) is 0 Å². The summed E-state index contributed by atoms with van der Waals surface area (Å²) in [5.74, 6) is 0. The number of para-hydroxylation sites is 2. The summed E-state index contributed by atoms with van der Waals surface area (Å²) in [5.41, 5.74) is 5.07. The predicted octanol–water partition coefficient (Wildman–Crippen LogP) is 1.95. The van der Waals surface area contributed by atoms with Gasteiger partial charge in [0.2, 0.25) is 0 Å². The van der Waals surface area contributed by atoms with Crippen LogP contribution < -0.4 is 5.32 Å². The van der Waals surface area contributed by atoms with Crippen molar-refractivity contribution in [3.8, 4) is 0 Å². The number of H-pyrrole nitrogens is 1. The molecular weight excluding hydrogens is 238 g/mol. The van der Waals surface area contributed by atoms with Crippen LogP contribution in [0, 0.1) is 6.92 Å². The molecule has 19 heavy (non-hydrogen) atoms. The Balaban J connectivity index is 1.67. The van der Waals surface area contributed by atoms with Crippen LogP contribution in [0.25, 0.3) is 11.0 Å². The van der Waals surface area contributed by atoms with Gasteiger partial charge < -0.3 is 5.32 Å². The maximum absolute atomic E-state index is 4.57. The highest BCUT2D eigenvalue weighted by Crippen LogP contribution is 2.08. The van der Waals surface area contributed by atoms with Gasteiger partial charge in [0, 0.05) is 24.3 Å². The number of aromatic nitrogens is 4. The van der Waals surface area contributed by atoms with E-state index >= 15 is 0 Å². The van der Waals surface area contributed by atoms with Gasteiger partial charge in [0.05, 0.1) is 29.1 Å². The lowest BCUT2D eigenvalue weighted by atomic mass is 10.2. The minimum absolute atomic E-state index is 0.697. The van der Waals surface area contributed by atoms with Crippen molar-refractivity contribution in [3.05, 3.63) is 53.6 Å². The van der Waals surface area contributed by atoms with Gasteiger partial charge in [-0.15, -0.1) is 0 Å². The maximum atomic E-state index is 4.57. The zero-order valence-corrected chi connectivity index (χ0v) is 10.7. The first-order chi connectivity index (χ1) is 9.33. The number of aromatic amines is 1. The molecule has 5 nitrogen and oxygen atoms in total. The first-order valence-corrected chi connectivity index (χ1v) is 6.23. The zero-order chi connectivity index (χ0) is 13.1. The third kappa shape index (κ3) is 2.61. The Hall–Kier alpha value is -2.27. The van der Waals surface area contributed by atoms with Crippen LogP contribution in [-0.4, -0.2) is 20.2 Å². The molecular formula is C14H15N5. The number of hydrogen-bond acceptors (Lipinski definition) is 4. The van der Waals surface area contributed by atoms with Crippen molar-refractivity contribution in [2.45, 2.75) is 20.0 Å². The topological polar surface area (TPSA) is 66.5 Å². The lowest BCUT2D eigenvalue weighted by Crippen LogP contribution is -2.14. The van der Waals surface area contributed by atoms with Crippen LogP contribution in [0.1, 0.15) is 17.0 Å². The highest BCUT2D eigenvalue weighted by Gasteiger charge is 2.01. The Bertz CT molecular complexity index is 689. The predicted molar refractivity (Wildman–Crippen MR) is 73.4 cm³/mol. The molecule has 0 saturated heterocycles. The van der Waals surface area contributed by atoms with Crippen molar-refractivity contribution >= 4 is 11.0 Å². The third-order valence-corrected chi connectivity index (χ3v) is 3.05. The second-order valence-corrected chi connectivity index (χ2v) is 4.47.